The second-order valence-corrected chi connectivity index (χ2v) is 8.61. The van der Waals surface area contributed by atoms with Crippen LogP contribution < -0.4 is 5.32 Å². The molecule has 5 heteroatoms. The Labute approximate surface area is 110 Å². The summed E-state index contributed by atoms with van der Waals surface area (Å²) in [5.74, 6) is 1.07. The first-order valence-electron chi connectivity index (χ1n) is 6.54. The summed E-state index contributed by atoms with van der Waals surface area (Å²) in [5.41, 5.74) is 0. The average Bonchev–Trinajstić information content (AvgIpc) is 2.25. The second-order valence-electron chi connectivity index (χ2n) is 4.94. The molecule has 0 aromatic carbocycles. The predicted molar refractivity (Wildman–Crippen MR) is 76.5 cm³/mol. The minimum atomic E-state index is -2.79. The number of rotatable bonds is 7. The minimum absolute atomic E-state index is 0.321. The average molecular weight is 279 g/mol. The van der Waals surface area contributed by atoms with E-state index in [2.05, 4.69) is 12.2 Å². The summed E-state index contributed by atoms with van der Waals surface area (Å²) in [6.07, 6.45) is 7.51. The van der Waals surface area contributed by atoms with Crippen LogP contribution in [0, 0.1) is 0 Å². The first-order chi connectivity index (χ1) is 8.01. The summed E-state index contributed by atoms with van der Waals surface area (Å²) in [7, 11) is -2.79. The Kier molecular flexibility index (Phi) is 6.89. The van der Waals surface area contributed by atoms with E-state index in [4.69, 9.17) is 0 Å². The van der Waals surface area contributed by atoms with Gasteiger partial charge in [0.2, 0.25) is 0 Å². The van der Waals surface area contributed by atoms with Gasteiger partial charge in [0.05, 0.1) is 5.75 Å². The minimum Gasteiger partial charge on any atom is -0.314 e. The van der Waals surface area contributed by atoms with Gasteiger partial charge in [0.25, 0.3) is 0 Å². The van der Waals surface area contributed by atoms with E-state index in [-0.39, 0.29) is 0 Å². The Hall–Kier alpha value is 0.260. The first-order valence-corrected chi connectivity index (χ1v) is 9.65. The molecule has 0 radical (unpaired) electrons. The van der Waals surface area contributed by atoms with Crippen molar-refractivity contribution in [2.75, 3.05) is 24.3 Å². The topological polar surface area (TPSA) is 46.2 Å². The van der Waals surface area contributed by atoms with Crippen molar-refractivity contribution >= 4 is 21.6 Å². The molecule has 102 valence electrons. The van der Waals surface area contributed by atoms with E-state index < -0.39 is 9.84 Å². The molecular formula is C12H25NO2S2. The van der Waals surface area contributed by atoms with E-state index in [9.17, 15) is 8.42 Å². The lowest BCUT2D eigenvalue weighted by Gasteiger charge is -2.29. The van der Waals surface area contributed by atoms with Crippen LogP contribution in [0.1, 0.15) is 39.0 Å². The molecule has 1 fully saturated rings. The summed E-state index contributed by atoms with van der Waals surface area (Å²) < 4.78 is 22.1. The molecule has 1 saturated carbocycles. The van der Waals surface area contributed by atoms with Gasteiger partial charge in [-0.15, -0.1) is 0 Å². The lowest BCUT2D eigenvalue weighted by atomic mass is 9.95. The van der Waals surface area contributed by atoms with Crippen molar-refractivity contribution in [3.63, 3.8) is 0 Å². The van der Waals surface area contributed by atoms with Gasteiger partial charge in [0.15, 0.2) is 0 Å². The Morgan fingerprint density at radius 2 is 2.12 bits per heavy atom. The molecule has 1 rings (SSSR count). The molecule has 1 aliphatic carbocycles. The highest BCUT2D eigenvalue weighted by molar-refractivity contribution is 8.01. The van der Waals surface area contributed by atoms with Crippen molar-refractivity contribution < 1.29 is 8.42 Å². The standard InChI is InChI=1S/C12H25NO2S2/c1-3-7-13-11-5-4-6-12(10-11)16-8-9-17(2,14)15/h11-13H,3-10H2,1-2H3. The SMILES string of the molecule is CCCNC1CCCC(SCCS(C)(=O)=O)C1. The maximum atomic E-state index is 11.1. The number of nitrogens with one attached hydrogen (secondary N) is 1. The van der Waals surface area contributed by atoms with Gasteiger partial charge >= 0.3 is 0 Å². The molecule has 0 saturated heterocycles. The van der Waals surface area contributed by atoms with Gasteiger partial charge in [-0.1, -0.05) is 13.3 Å². The Balaban J connectivity index is 2.20. The zero-order valence-corrected chi connectivity index (χ0v) is 12.6. The van der Waals surface area contributed by atoms with Crippen LogP contribution in [0.4, 0.5) is 0 Å². The van der Waals surface area contributed by atoms with Gasteiger partial charge in [-0.05, 0) is 32.2 Å². The van der Waals surface area contributed by atoms with Crippen molar-refractivity contribution in [1.29, 1.82) is 0 Å². The number of sulfone groups is 1. The van der Waals surface area contributed by atoms with Crippen molar-refractivity contribution in [2.45, 2.75) is 50.3 Å². The van der Waals surface area contributed by atoms with Gasteiger partial charge in [-0.3, -0.25) is 0 Å². The zero-order valence-electron chi connectivity index (χ0n) is 10.9. The van der Waals surface area contributed by atoms with Gasteiger partial charge in [-0.2, -0.15) is 11.8 Å². The van der Waals surface area contributed by atoms with Crippen LogP contribution in [-0.2, 0) is 9.84 Å². The highest BCUT2D eigenvalue weighted by Gasteiger charge is 2.21. The van der Waals surface area contributed by atoms with E-state index in [1.807, 2.05) is 11.8 Å². The zero-order chi connectivity index (χ0) is 12.7. The molecule has 3 nitrogen and oxygen atoms in total. The Bertz CT molecular complexity index is 304. The van der Waals surface area contributed by atoms with Crippen LogP contribution in [0.5, 0.6) is 0 Å². The molecule has 0 aliphatic heterocycles. The highest BCUT2D eigenvalue weighted by Crippen LogP contribution is 2.28. The van der Waals surface area contributed by atoms with Crippen LogP contribution in [0.3, 0.4) is 0 Å². The normalized spacial score (nSPS) is 26.0. The Morgan fingerprint density at radius 3 is 2.76 bits per heavy atom. The summed E-state index contributed by atoms with van der Waals surface area (Å²) in [5, 5.41) is 4.23. The molecule has 0 amide bonds. The number of hydrogen-bond acceptors (Lipinski definition) is 4. The van der Waals surface area contributed by atoms with Crippen molar-refractivity contribution in [3.8, 4) is 0 Å². The second kappa shape index (κ2) is 7.64. The van der Waals surface area contributed by atoms with E-state index in [1.54, 1.807) is 0 Å². The molecule has 1 N–H and O–H groups in total. The predicted octanol–water partition coefficient (Wildman–Crippen LogP) is 2.07. The Morgan fingerprint density at radius 1 is 1.35 bits per heavy atom. The molecule has 0 aromatic heterocycles. The van der Waals surface area contributed by atoms with Crippen LogP contribution in [0.2, 0.25) is 0 Å². The summed E-state index contributed by atoms with van der Waals surface area (Å²) in [6, 6.07) is 0.652. The van der Waals surface area contributed by atoms with Crippen molar-refractivity contribution in [3.05, 3.63) is 0 Å². The third-order valence-electron chi connectivity index (χ3n) is 3.12. The lowest BCUT2D eigenvalue weighted by Crippen LogP contribution is -2.35. The molecule has 0 heterocycles. The van der Waals surface area contributed by atoms with E-state index in [0.29, 0.717) is 17.0 Å². The van der Waals surface area contributed by atoms with Crippen LogP contribution in [-0.4, -0.2) is 44.0 Å². The molecular weight excluding hydrogens is 254 g/mol. The number of hydrogen-bond donors (Lipinski definition) is 1. The maximum absolute atomic E-state index is 11.1. The molecule has 17 heavy (non-hydrogen) atoms. The monoisotopic (exact) mass is 279 g/mol. The molecule has 0 spiro atoms. The van der Waals surface area contributed by atoms with Gasteiger partial charge in [-0.25, -0.2) is 8.42 Å². The molecule has 2 atom stereocenters. The van der Waals surface area contributed by atoms with E-state index in [0.717, 1.165) is 12.3 Å². The molecule has 0 bridgehead atoms. The third kappa shape index (κ3) is 7.32. The fourth-order valence-corrected chi connectivity index (χ4v) is 4.83. The first kappa shape index (κ1) is 15.3. The number of thioether (sulfide) groups is 1. The van der Waals surface area contributed by atoms with E-state index >= 15 is 0 Å². The lowest BCUT2D eigenvalue weighted by molar-refractivity contribution is 0.381. The van der Waals surface area contributed by atoms with Crippen molar-refractivity contribution in [1.82, 2.24) is 5.32 Å². The van der Waals surface area contributed by atoms with Crippen LogP contribution in [0.15, 0.2) is 0 Å². The van der Waals surface area contributed by atoms with Gasteiger partial charge in [0, 0.05) is 23.3 Å². The van der Waals surface area contributed by atoms with E-state index in [1.165, 1.54) is 38.4 Å². The smallest absolute Gasteiger partial charge is 0.148 e. The fourth-order valence-electron chi connectivity index (χ4n) is 2.20. The van der Waals surface area contributed by atoms with Crippen LogP contribution in [0.25, 0.3) is 0 Å². The van der Waals surface area contributed by atoms with Crippen LogP contribution >= 0.6 is 11.8 Å². The van der Waals surface area contributed by atoms with Gasteiger partial charge in [0.1, 0.15) is 9.84 Å². The summed E-state index contributed by atoms with van der Waals surface area (Å²) in [4.78, 5) is 0. The maximum Gasteiger partial charge on any atom is 0.148 e. The van der Waals surface area contributed by atoms with Crippen molar-refractivity contribution in [2.24, 2.45) is 0 Å². The van der Waals surface area contributed by atoms with Gasteiger partial charge < -0.3 is 5.32 Å². The quantitative estimate of drug-likeness (QED) is 0.775. The molecule has 1 aliphatic rings. The highest BCUT2D eigenvalue weighted by atomic mass is 32.2. The third-order valence-corrected chi connectivity index (χ3v) is 5.66. The fraction of sp³-hybridized carbons (Fsp3) is 1.00. The summed E-state index contributed by atoms with van der Waals surface area (Å²) in [6.45, 7) is 3.29. The molecule has 2 unspecified atom stereocenters. The molecule has 0 aromatic rings. The largest absolute Gasteiger partial charge is 0.314 e. The summed E-state index contributed by atoms with van der Waals surface area (Å²) >= 11 is 1.84.